The summed E-state index contributed by atoms with van der Waals surface area (Å²) in [7, 11) is 0. The molecule has 0 bridgehead atoms. The Morgan fingerprint density at radius 3 is 3.40 bits per heavy atom. The second-order valence-corrected chi connectivity index (χ2v) is 3.26. The number of amidine groups is 1. The fourth-order valence-corrected chi connectivity index (χ4v) is 1.55. The zero-order chi connectivity index (χ0) is 12.7. The first kappa shape index (κ1) is 6.00. The van der Waals surface area contributed by atoms with E-state index >= 15 is 0 Å². The number of nitrogens with one attached hydrogen (secondary N) is 1. The number of rotatable bonds is 1. The van der Waals surface area contributed by atoms with Crippen LogP contribution in [0.1, 0.15) is 4.11 Å². The Hall–Kier alpha value is -1.71. The molecule has 0 fully saturated rings. The largest absolute Gasteiger partial charge is 0.485 e. The van der Waals surface area contributed by atoms with E-state index < -0.39 is 19.1 Å². The van der Waals surface area contributed by atoms with Gasteiger partial charge in [-0.25, -0.2) is 0 Å². The molecule has 0 aliphatic carbocycles. The highest BCUT2D eigenvalue weighted by atomic mass is 16.6. The van der Waals surface area contributed by atoms with Gasteiger partial charge in [0.2, 0.25) is 0 Å². The van der Waals surface area contributed by atoms with Crippen LogP contribution in [-0.4, -0.2) is 31.6 Å². The van der Waals surface area contributed by atoms with Crippen LogP contribution in [0.4, 0.5) is 0 Å². The van der Waals surface area contributed by atoms with Gasteiger partial charge in [0.25, 0.3) is 0 Å². The Balaban J connectivity index is 1.79. The van der Waals surface area contributed by atoms with Gasteiger partial charge in [-0.1, -0.05) is 12.1 Å². The molecule has 0 radical (unpaired) electrons. The summed E-state index contributed by atoms with van der Waals surface area (Å²) in [6.07, 6.45) is -0.419. The summed E-state index contributed by atoms with van der Waals surface area (Å²) >= 11 is 0. The third-order valence-electron chi connectivity index (χ3n) is 2.27. The van der Waals surface area contributed by atoms with Crippen LogP contribution in [0.5, 0.6) is 11.5 Å². The zero-order valence-electron chi connectivity index (χ0n) is 10.9. The van der Waals surface area contributed by atoms with E-state index in [0.29, 0.717) is 23.4 Å². The Labute approximate surface area is 92.1 Å². The van der Waals surface area contributed by atoms with Gasteiger partial charge in [0, 0.05) is 6.52 Å². The molecule has 0 saturated heterocycles. The standard InChI is InChI=1S/C11H12N2O2/c1-2-4-9-8(3-1)14-7-10(15-9)11-12-5-6-13-11/h1-4,10H,5-7H2,(H,12,13)/i1D,5D,6D/t5-,6+,10?. The molecule has 2 aliphatic rings. The van der Waals surface area contributed by atoms with Crippen LogP contribution < -0.4 is 14.8 Å². The zero-order valence-corrected chi connectivity index (χ0v) is 7.93. The van der Waals surface area contributed by atoms with Gasteiger partial charge in [-0.2, -0.15) is 0 Å². The number of hydrogen-bond acceptors (Lipinski definition) is 4. The second kappa shape index (κ2) is 3.46. The van der Waals surface area contributed by atoms with E-state index in [1.165, 1.54) is 0 Å². The van der Waals surface area contributed by atoms with E-state index in [0.717, 1.165) is 0 Å². The molecule has 1 aromatic rings. The number of hydrogen-bond donors (Lipinski definition) is 1. The van der Waals surface area contributed by atoms with Crippen molar-refractivity contribution in [2.75, 3.05) is 19.6 Å². The van der Waals surface area contributed by atoms with E-state index in [2.05, 4.69) is 10.3 Å². The molecule has 1 N–H and O–H groups in total. The average Bonchev–Trinajstić information content (AvgIpc) is 2.69. The summed E-state index contributed by atoms with van der Waals surface area (Å²) in [5, 5.41) is 2.80. The molecular formula is C11H12N2O2. The number of para-hydroxylation sites is 2. The van der Waals surface area contributed by atoms with Gasteiger partial charge in [-0.05, 0) is 12.1 Å². The van der Waals surface area contributed by atoms with Crippen molar-refractivity contribution < 1.29 is 13.6 Å². The maximum absolute atomic E-state index is 7.53. The molecule has 0 aromatic heterocycles. The third-order valence-corrected chi connectivity index (χ3v) is 2.27. The molecule has 3 atom stereocenters. The molecule has 0 spiro atoms. The highest BCUT2D eigenvalue weighted by Gasteiger charge is 2.26. The minimum Gasteiger partial charge on any atom is -0.485 e. The molecule has 1 aromatic carbocycles. The molecule has 4 heteroatoms. The molecule has 78 valence electrons. The fraction of sp³-hybridized carbons (Fsp3) is 0.364. The van der Waals surface area contributed by atoms with E-state index in [4.69, 9.17) is 13.6 Å². The summed E-state index contributed by atoms with van der Waals surface area (Å²) in [4.78, 5) is 4.03. The maximum Gasteiger partial charge on any atom is 0.189 e. The van der Waals surface area contributed by atoms with Crippen molar-refractivity contribution in [3.8, 4) is 11.5 Å². The van der Waals surface area contributed by atoms with Gasteiger partial charge < -0.3 is 14.8 Å². The summed E-state index contributed by atoms with van der Waals surface area (Å²) in [6, 6.07) is 5.25. The highest BCUT2D eigenvalue weighted by Crippen LogP contribution is 2.31. The lowest BCUT2D eigenvalue weighted by Gasteiger charge is -2.26. The molecule has 3 rings (SSSR count). The first-order valence-electron chi connectivity index (χ1n) is 6.38. The minimum absolute atomic E-state index is 0.266. The second-order valence-electron chi connectivity index (χ2n) is 3.26. The first-order chi connectivity index (χ1) is 8.63. The van der Waals surface area contributed by atoms with Crippen LogP contribution in [0, 0.1) is 0 Å². The van der Waals surface area contributed by atoms with Gasteiger partial charge in [-0.3, -0.25) is 4.99 Å². The first-order valence-corrected chi connectivity index (χ1v) is 4.72. The fourth-order valence-electron chi connectivity index (χ4n) is 1.55. The summed E-state index contributed by atoms with van der Waals surface area (Å²) in [6.45, 7) is -1.30. The number of ether oxygens (including phenoxy) is 2. The number of aliphatic imine (C=N–C) groups is 1. The molecular weight excluding hydrogens is 192 g/mol. The number of benzene rings is 1. The lowest BCUT2D eigenvalue weighted by molar-refractivity contribution is 0.133. The molecule has 4 nitrogen and oxygen atoms in total. The molecule has 15 heavy (non-hydrogen) atoms. The smallest absolute Gasteiger partial charge is 0.189 e. The van der Waals surface area contributed by atoms with Crippen LogP contribution in [0.2, 0.25) is 0 Å². The average molecular weight is 207 g/mol. The predicted octanol–water partition coefficient (Wildman–Crippen LogP) is 0.828. The van der Waals surface area contributed by atoms with Crippen molar-refractivity contribution in [2.24, 2.45) is 4.99 Å². The molecule has 0 saturated carbocycles. The van der Waals surface area contributed by atoms with Crippen molar-refractivity contribution in [2.45, 2.75) is 6.10 Å². The maximum atomic E-state index is 7.53. The third kappa shape index (κ3) is 1.52. The number of nitrogens with zero attached hydrogens (tertiary/aromatic N) is 1. The lowest BCUT2D eigenvalue weighted by Crippen LogP contribution is -2.42. The van der Waals surface area contributed by atoms with Gasteiger partial charge in [0.15, 0.2) is 17.6 Å². The number of fused-ring (bicyclic) bond motifs is 1. The van der Waals surface area contributed by atoms with Crippen molar-refractivity contribution >= 4 is 5.84 Å². The minimum atomic E-state index is -0.819. The van der Waals surface area contributed by atoms with Gasteiger partial charge >= 0.3 is 0 Å². The quantitative estimate of drug-likeness (QED) is 0.741. The topological polar surface area (TPSA) is 42.8 Å². The van der Waals surface area contributed by atoms with Crippen molar-refractivity contribution in [1.29, 1.82) is 0 Å². The Morgan fingerprint density at radius 2 is 2.53 bits per heavy atom. The van der Waals surface area contributed by atoms with E-state index in [-0.39, 0.29) is 6.61 Å². The summed E-state index contributed by atoms with van der Waals surface area (Å²) in [5.41, 5.74) is 0. The van der Waals surface area contributed by atoms with Crippen LogP contribution in [0.25, 0.3) is 0 Å². The molecule has 1 unspecified atom stereocenters. The highest BCUT2D eigenvalue weighted by molar-refractivity contribution is 5.88. The van der Waals surface area contributed by atoms with Gasteiger partial charge in [0.05, 0.1) is 10.6 Å². The van der Waals surface area contributed by atoms with Crippen LogP contribution in [-0.2, 0) is 0 Å². The van der Waals surface area contributed by atoms with E-state index in [1.54, 1.807) is 18.2 Å². The van der Waals surface area contributed by atoms with Crippen LogP contribution >= 0.6 is 0 Å². The SMILES string of the molecule is [2H]c1ccc2c(c1)OCC(C1=N[C@H]([2H])[C@H]([2H])N1)O2. The summed E-state index contributed by atoms with van der Waals surface area (Å²) < 4.78 is 33.7. The van der Waals surface area contributed by atoms with Crippen molar-refractivity contribution in [3.05, 3.63) is 24.2 Å². The van der Waals surface area contributed by atoms with Gasteiger partial charge in [0.1, 0.15) is 12.4 Å². The normalized spacial score (nSPS) is 35.9. The summed E-state index contributed by atoms with van der Waals surface area (Å²) in [5.74, 6) is 1.58. The van der Waals surface area contributed by atoms with Crippen LogP contribution in [0.3, 0.4) is 0 Å². The Morgan fingerprint density at radius 1 is 1.53 bits per heavy atom. The predicted molar refractivity (Wildman–Crippen MR) is 56.7 cm³/mol. The Bertz CT molecular complexity index is 509. The molecule has 2 heterocycles. The van der Waals surface area contributed by atoms with Crippen molar-refractivity contribution in [3.63, 3.8) is 0 Å². The van der Waals surface area contributed by atoms with Crippen LogP contribution in [0.15, 0.2) is 29.2 Å². The molecule has 2 aliphatic heterocycles. The van der Waals surface area contributed by atoms with E-state index in [9.17, 15) is 0 Å². The molecule has 0 amide bonds. The van der Waals surface area contributed by atoms with Crippen molar-refractivity contribution in [1.82, 2.24) is 5.32 Å². The van der Waals surface area contributed by atoms with E-state index in [1.807, 2.05) is 0 Å². The monoisotopic (exact) mass is 207 g/mol. The van der Waals surface area contributed by atoms with Gasteiger partial charge in [-0.15, -0.1) is 0 Å². The Kier molecular flexibility index (Phi) is 1.38. The lowest BCUT2D eigenvalue weighted by atomic mass is 10.2.